The first kappa shape index (κ1) is 16.7. The molecule has 1 amide bonds. The minimum atomic E-state index is -0.171. The third-order valence-electron chi connectivity index (χ3n) is 3.61. The van der Waals surface area contributed by atoms with E-state index in [9.17, 15) is 4.79 Å². The lowest BCUT2D eigenvalue weighted by Gasteiger charge is -2.11. The van der Waals surface area contributed by atoms with Gasteiger partial charge in [0.15, 0.2) is 0 Å². The van der Waals surface area contributed by atoms with Crippen LogP contribution in [0.1, 0.15) is 29.2 Å². The van der Waals surface area contributed by atoms with Crippen LogP contribution in [0.3, 0.4) is 0 Å². The van der Waals surface area contributed by atoms with Crippen molar-refractivity contribution in [3.63, 3.8) is 0 Å². The first-order valence-corrected chi connectivity index (χ1v) is 7.67. The molecule has 4 nitrogen and oxygen atoms in total. The van der Waals surface area contributed by atoms with Crippen LogP contribution in [0.15, 0.2) is 47.6 Å². The van der Waals surface area contributed by atoms with E-state index in [4.69, 9.17) is 0 Å². The smallest absolute Gasteiger partial charge is 0.259 e. The molecule has 2 N–H and O–H groups in total. The zero-order valence-corrected chi connectivity index (χ0v) is 14.1. The molecule has 2 aromatic rings. The van der Waals surface area contributed by atoms with Crippen LogP contribution in [0.2, 0.25) is 0 Å². The SMILES string of the molecule is C/C(=N/NC(=O)CNc1ccccc1)c1c(C)cc(C)cc1C. The predicted molar refractivity (Wildman–Crippen MR) is 95.9 cm³/mol. The average Bonchev–Trinajstić information content (AvgIpc) is 2.51. The van der Waals surface area contributed by atoms with Gasteiger partial charge in [-0.3, -0.25) is 4.79 Å². The summed E-state index contributed by atoms with van der Waals surface area (Å²) in [5, 5.41) is 7.29. The van der Waals surface area contributed by atoms with Crippen LogP contribution in [0.5, 0.6) is 0 Å². The fourth-order valence-electron chi connectivity index (χ4n) is 2.73. The molecule has 120 valence electrons. The Labute approximate surface area is 137 Å². The van der Waals surface area contributed by atoms with E-state index in [-0.39, 0.29) is 12.5 Å². The maximum absolute atomic E-state index is 11.9. The van der Waals surface area contributed by atoms with Crippen molar-refractivity contribution in [2.45, 2.75) is 27.7 Å². The molecule has 2 rings (SSSR count). The van der Waals surface area contributed by atoms with E-state index >= 15 is 0 Å². The van der Waals surface area contributed by atoms with Gasteiger partial charge in [-0.15, -0.1) is 0 Å². The molecule has 0 bridgehead atoms. The number of carbonyl (C=O) groups is 1. The van der Waals surface area contributed by atoms with Gasteiger partial charge in [0.25, 0.3) is 5.91 Å². The third-order valence-corrected chi connectivity index (χ3v) is 3.61. The first-order chi connectivity index (χ1) is 11.0. The molecule has 0 aliphatic rings. The summed E-state index contributed by atoms with van der Waals surface area (Å²) in [7, 11) is 0. The minimum absolute atomic E-state index is 0.171. The van der Waals surface area contributed by atoms with Gasteiger partial charge in [-0.25, -0.2) is 5.43 Å². The second kappa shape index (κ2) is 7.58. The lowest BCUT2D eigenvalue weighted by Crippen LogP contribution is -2.27. The summed E-state index contributed by atoms with van der Waals surface area (Å²) < 4.78 is 0. The number of para-hydroxylation sites is 1. The summed E-state index contributed by atoms with van der Waals surface area (Å²) in [6.07, 6.45) is 0. The van der Waals surface area contributed by atoms with Gasteiger partial charge in [0, 0.05) is 11.3 Å². The summed E-state index contributed by atoms with van der Waals surface area (Å²) in [5.41, 5.74) is 8.98. The average molecular weight is 309 g/mol. The van der Waals surface area contributed by atoms with Gasteiger partial charge in [0.2, 0.25) is 0 Å². The highest BCUT2D eigenvalue weighted by Crippen LogP contribution is 2.17. The highest BCUT2D eigenvalue weighted by molar-refractivity contribution is 6.01. The van der Waals surface area contributed by atoms with Crippen LogP contribution >= 0.6 is 0 Å². The van der Waals surface area contributed by atoms with Crippen molar-refractivity contribution in [2.75, 3.05) is 11.9 Å². The van der Waals surface area contributed by atoms with Crippen molar-refractivity contribution >= 4 is 17.3 Å². The van der Waals surface area contributed by atoms with E-state index in [1.807, 2.05) is 37.3 Å². The van der Waals surface area contributed by atoms with Crippen LogP contribution < -0.4 is 10.7 Å². The first-order valence-electron chi connectivity index (χ1n) is 7.67. The Morgan fingerprint density at radius 3 is 2.26 bits per heavy atom. The number of nitrogens with zero attached hydrogens (tertiary/aromatic N) is 1. The monoisotopic (exact) mass is 309 g/mol. The molecule has 0 saturated heterocycles. The summed E-state index contributed by atoms with van der Waals surface area (Å²) in [6.45, 7) is 8.30. The summed E-state index contributed by atoms with van der Waals surface area (Å²) >= 11 is 0. The molecule has 2 aromatic carbocycles. The van der Waals surface area contributed by atoms with E-state index < -0.39 is 0 Å². The Balaban J connectivity index is 1.98. The zero-order chi connectivity index (χ0) is 16.8. The number of aryl methyl sites for hydroxylation is 3. The van der Waals surface area contributed by atoms with Crippen molar-refractivity contribution in [1.82, 2.24) is 5.43 Å². The second-order valence-corrected chi connectivity index (χ2v) is 5.73. The number of amides is 1. The molecule has 23 heavy (non-hydrogen) atoms. The molecule has 0 saturated carbocycles. The van der Waals surface area contributed by atoms with Crippen LogP contribution in [0.4, 0.5) is 5.69 Å². The van der Waals surface area contributed by atoms with E-state index in [2.05, 4.69) is 48.7 Å². The van der Waals surface area contributed by atoms with E-state index in [0.717, 1.165) is 17.0 Å². The predicted octanol–water partition coefficient (Wildman–Crippen LogP) is 3.56. The van der Waals surface area contributed by atoms with Gasteiger partial charge in [-0.1, -0.05) is 35.9 Å². The van der Waals surface area contributed by atoms with E-state index in [0.29, 0.717) is 0 Å². The minimum Gasteiger partial charge on any atom is -0.376 e. The van der Waals surface area contributed by atoms with Crippen molar-refractivity contribution in [2.24, 2.45) is 5.10 Å². The lowest BCUT2D eigenvalue weighted by molar-refractivity contribution is -0.119. The highest BCUT2D eigenvalue weighted by Gasteiger charge is 2.08. The molecule has 0 radical (unpaired) electrons. The number of hydrogen-bond donors (Lipinski definition) is 2. The Bertz CT molecular complexity index is 698. The third kappa shape index (κ3) is 4.68. The van der Waals surface area contributed by atoms with Gasteiger partial charge in [0.05, 0.1) is 12.3 Å². The summed E-state index contributed by atoms with van der Waals surface area (Å²) in [6, 6.07) is 13.9. The van der Waals surface area contributed by atoms with Crippen molar-refractivity contribution in [3.05, 3.63) is 64.7 Å². The Morgan fingerprint density at radius 2 is 1.65 bits per heavy atom. The molecule has 0 aliphatic heterocycles. The van der Waals surface area contributed by atoms with Crippen molar-refractivity contribution in [3.8, 4) is 0 Å². The molecular formula is C19H23N3O. The molecular weight excluding hydrogens is 286 g/mol. The van der Waals surface area contributed by atoms with Gasteiger partial charge in [0.1, 0.15) is 0 Å². The van der Waals surface area contributed by atoms with Crippen molar-refractivity contribution in [1.29, 1.82) is 0 Å². The zero-order valence-electron chi connectivity index (χ0n) is 14.1. The topological polar surface area (TPSA) is 53.5 Å². The summed E-state index contributed by atoms with van der Waals surface area (Å²) in [5.74, 6) is -0.171. The lowest BCUT2D eigenvalue weighted by atomic mass is 9.97. The molecule has 0 spiro atoms. The van der Waals surface area contributed by atoms with Gasteiger partial charge < -0.3 is 5.32 Å². The standard InChI is InChI=1S/C19H23N3O/c1-13-10-14(2)19(15(3)11-13)16(4)21-22-18(23)12-20-17-8-6-5-7-9-17/h5-11,20H,12H2,1-4H3,(H,22,23)/b21-16-. The maximum atomic E-state index is 11.9. The second-order valence-electron chi connectivity index (χ2n) is 5.73. The molecule has 0 aliphatic carbocycles. The van der Waals surface area contributed by atoms with Gasteiger partial charge >= 0.3 is 0 Å². The largest absolute Gasteiger partial charge is 0.376 e. The highest BCUT2D eigenvalue weighted by atomic mass is 16.2. The Hall–Kier alpha value is -2.62. The Kier molecular flexibility index (Phi) is 5.52. The van der Waals surface area contributed by atoms with Gasteiger partial charge in [-0.05, 0) is 51.0 Å². The number of benzene rings is 2. The van der Waals surface area contributed by atoms with Gasteiger partial charge in [-0.2, -0.15) is 5.10 Å². The quantitative estimate of drug-likeness (QED) is 0.655. The number of anilines is 1. The molecule has 0 aromatic heterocycles. The molecule has 0 heterocycles. The normalized spacial score (nSPS) is 11.2. The molecule has 0 atom stereocenters. The van der Waals surface area contributed by atoms with Crippen LogP contribution in [0, 0.1) is 20.8 Å². The number of hydrogen-bond acceptors (Lipinski definition) is 3. The molecule has 4 heteroatoms. The Morgan fingerprint density at radius 1 is 1.04 bits per heavy atom. The summed E-state index contributed by atoms with van der Waals surface area (Å²) in [4.78, 5) is 11.9. The maximum Gasteiger partial charge on any atom is 0.259 e. The number of carbonyl (C=O) groups excluding carboxylic acids is 1. The fraction of sp³-hybridized carbons (Fsp3) is 0.263. The van der Waals surface area contributed by atoms with Crippen LogP contribution in [0.25, 0.3) is 0 Å². The fourth-order valence-corrected chi connectivity index (χ4v) is 2.73. The molecule has 0 unspecified atom stereocenters. The number of hydrazone groups is 1. The van der Waals surface area contributed by atoms with Crippen LogP contribution in [-0.2, 0) is 4.79 Å². The van der Waals surface area contributed by atoms with Crippen molar-refractivity contribution < 1.29 is 4.79 Å². The van der Waals surface area contributed by atoms with E-state index in [1.54, 1.807) is 0 Å². The number of nitrogens with one attached hydrogen (secondary N) is 2. The van der Waals surface area contributed by atoms with E-state index in [1.165, 1.54) is 16.7 Å². The number of rotatable bonds is 5. The molecule has 0 fully saturated rings. The van der Waals surface area contributed by atoms with Crippen LogP contribution in [-0.4, -0.2) is 18.2 Å².